The van der Waals surface area contributed by atoms with Gasteiger partial charge < -0.3 is 25.4 Å². The van der Waals surface area contributed by atoms with Crippen LogP contribution in [-0.4, -0.2) is 57.7 Å². The molecule has 1 aliphatic rings. The maximum absolute atomic E-state index is 13.6. The minimum atomic E-state index is -1.22. The Hall–Kier alpha value is -2.61. The molecule has 0 saturated heterocycles. The molecule has 3 amide bonds. The van der Waals surface area contributed by atoms with Crippen molar-refractivity contribution >= 4 is 17.9 Å². The van der Waals surface area contributed by atoms with Crippen molar-refractivity contribution < 1.29 is 24.2 Å². The van der Waals surface area contributed by atoms with E-state index < -0.39 is 41.8 Å². The molecule has 1 aliphatic carbocycles. The van der Waals surface area contributed by atoms with E-state index in [1.165, 1.54) is 4.90 Å². The maximum Gasteiger partial charge on any atom is 0.408 e. The molecule has 8 nitrogen and oxygen atoms in total. The number of nitrogens with one attached hydrogen (secondary N) is 2. The minimum absolute atomic E-state index is 0.145. The van der Waals surface area contributed by atoms with Crippen molar-refractivity contribution in [2.45, 2.75) is 97.0 Å². The first kappa shape index (κ1) is 26.6. The number of carbonyl (C=O) groups excluding carboxylic acids is 3. The molecule has 3 N–H and O–H groups in total. The van der Waals surface area contributed by atoms with Crippen molar-refractivity contribution in [3.63, 3.8) is 0 Å². The summed E-state index contributed by atoms with van der Waals surface area (Å²) in [4.78, 5) is 40.8. The summed E-state index contributed by atoms with van der Waals surface area (Å²) in [5.41, 5.74) is 0.558. The number of hydrogen-bond donors (Lipinski definition) is 3. The largest absolute Gasteiger partial charge is 0.444 e. The van der Waals surface area contributed by atoms with Gasteiger partial charge in [0.25, 0.3) is 0 Å². The monoisotopic (exact) mass is 461 g/mol. The Balaban J connectivity index is 2.39. The quantitative estimate of drug-likeness (QED) is 0.551. The molecule has 0 heterocycles. The second kappa shape index (κ2) is 10.5. The van der Waals surface area contributed by atoms with Gasteiger partial charge in [0.15, 0.2) is 0 Å². The van der Waals surface area contributed by atoms with Crippen LogP contribution in [0.3, 0.4) is 0 Å². The second-order valence-corrected chi connectivity index (χ2v) is 10.6. The van der Waals surface area contributed by atoms with Crippen molar-refractivity contribution in [2.75, 3.05) is 6.61 Å². The maximum atomic E-state index is 13.6. The Morgan fingerprint density at radius 1 is 1.09 bits per heavy atom. The summed E-state index contributed by atoms with van der Waals surface area (Å²) in [5.74, 6) is -0.819. The van der Waals surface area contributed by atoms with Crippen LogP contribution >= 0.6 is 0 Å². The number of carbonyl (C=O) groups is 3. The van der Waals surface area contributed by atoms with E-state index in [9.17, 15) is 19.5 Å². The van der Waals surface area contributed by atoms with E-state index in [2.05, 4.69) is 10.6 Å². The van der Waals surface area contributed by atoms with Crippen LogP contribution in [0, 0.1) is 0 Å². The molecule has 2 unspecified atom stereocenters. The van der Waals surface area contributed by atoms with Crippen LogP contribution in [0.2, 0.25) is 0 Å². The van der Waals surface area contributed by atoms with Gasteiger partial charge in [-0.3, -0.25) is 9.59 Å². The van der Waals surface area contributed by atoms with Gasteiger partial charge in [0.2, 0.25) is 11.8 Å². The molecule has 0 aliphatic heterocycles. The van der Waals surface area contributed by atoms with Gasteiger partial charge in [-0.05, 0) is 71.9 Å². The zero-order chi connectivity index (χ0) is 25.0. The first-order valence-electron chi connectivity index (χ1n) is 11.6. The number of aryl methyl sites for hydroxylation is 1. The van der Waals surface area contributed by atoms with E-state index in [0.29, 0.717) is 5.56 Å². The molecule has 2 rings (SSSR count). The molecule has 0 radical (unpaired) electrons. The Bertz CT molecular complexity index is 835. The predicted octanol–water partition coefficient (Wildman–Crippen LogP) is 3.08. The number of hydrogen-bond acceptors (Lipinski definition) is 5. The van der Waals surface area contributed by atoms with E-state index in [0.717, 1.165) is 24.8 Å². The summed E-state index contributed by atoms with van der Waals surface area (Å²) in [6, 6.07) is 5.38. The zero-order valence-corrected chi connectivity index (χ0v) is 20.9. The van der Waals surface area contributed by atoms with Crippen LogP contribution in [0.15, 0.2) is 24.3 Å². The summed E-state index contributed by atoms with van der Waals surface area (Å²) >= 11 is 0. The summed E-state index contributed by atoms with van der Waals surface area (Å²) in [6.45, 7) is 12.2. The highest BCUT2D eigenvalue weighted by molar-refractivity contribution is 5.92. The van der Waals surface area contributed by atoms with Gasteiger partial charge in [-0.2, -0.15) is 0 Å². The number of nitrogens with zero attached hydrogens (tertiary/aromatic N) is 1. The third-order valence-corrected chi connectivity index (χ3v) is 5.09. The normalized spacial score (nSPS) is 15.9. The highest BCUT2D eigenvalue weighted by atomic mass is 16.6. The highest BCUT2D eigenvalue weighted by Gasteiger charge is 2.44. The van der Waals surface area contributed by atoms with Crippen molar-refractivity contribution in [1.29, 1.82) is 0 Å². The number of aliphatic hydroxyl groups excluding tert-OH is 1. The van der Waals surface area contributed by atoms with E-state index in [4.69, 9.17) is 4.74 Å². The first-order valence-corrected chi connectivity index (χ1v) is 11.6. The van der Waals surface area contributed by atoms with Crippen LogP contribution < -0.4 is 10.6 Å². The lowest BCUT2D eigenvalue weighted by Crippen LogP contribution is -2.56. The third kappa shape index (κ3) is 8.03. The second-order valence-electron chi connectivity index (χ2n) is 10.6. The molecule has 2 atom stereocenters. The average molecular weight is 462 g/mol. The molecule has 0 bridgehead atoms. The Labute approximate surface area is 197 Å². The molecule has 0 spiro atoms. The lowest BCUT2D eigenvalue weighted by Gasteiger charge is -2.36. The van der Waals surface area contributed by atoms with Gasteiger partial charge in [-0.25, -0.2) is 4.79 Å². The highest BCUT2D eigenvalue weighted by Crippen LogP contribution is 2.36. The number of amides is 3. The van der Waals surface area contributed by atoms with Gasteiger partial charge in [-0.1, -0.05) is 31.2 Å². The summed E-state index contributed by atoms with van der Waals surface area (Å²) in [6.07, 6.45) is 1.57. The van der Waals surface area contributed by atoms with E-state index in [1.807, 2.05) is 52.0 Å². The molecule has 1 saturated carbocycles. The van der Waals surface area contributed by atoms with Gasteiger partial charge >= 0.3 is 6.09 Å². The van der Waals surface area contributed by atoms with Gasteiger partial charge in [0.05, 0.1) is 6.61 Å². The fraction of sp³-hybridized carbons (Fsp3) is 0.640. The fourth-order valence-electron chi connectivity index (χ4n) is 3.50. The zero-order valence-electron chi connectivity index (χ0n) is 20.9. The molecule has 1 fully saturated rings. The van der Waals surface area contributed by atoms with E-state index >= 15 is 0 Å². The summed E-state index contributed by atoms with van der Waals surface area (Å²) in [7, 11) is 0. The van der Waals surface area contributed by atoms with Gasteiger partial charge in [0, 0.05) is 11.6 Å². The molecule has 33 heavy (non-hydrogen) atoms. The minimum Gasteiger partial charge on any atom is -0.444 e. The van der Waals surface area contributed by atoms with Crippen LogP contribution in [-0.2, 0) is 20.7 Å². The topological polar surface area (TPSA) is 108 Å². The van der Waals surface area contributed by atoms with Crippen molar-refractivity contribution in [2.24, 2.45) is 0 Å². The molecule has 8 heteroatoms. The first-order chi connectivity index (χ1) is 15.3. The van der Waals surface area contributed by atoms with Crippen LogP contribution in [0.4, 0.5) is 4.79 Å². The summed E-state index contributed by atoms with van der Waals surface area (Å²) in [5, 5.41) is 15.4. The Morgan fingerprint density at radius 2 is 1.67 bits per heavy atom. The lowest BCUT2D eigenvalue weighted by atomic mass is 9.99. The molecular formula is C25H39N3O5. The lowest BCUT2D eigenvalue weighted by molar-refractivity contribution is -0.144. The van der Waals surface area contributed by atoms with Crippen LogP contribution in [0.5, 0.6) is 0 Å². The number of alkyl carbamates (subject to hydrolysis) is 1. The van der Waals surface area contributed by atoms with Crippen molar-refractivity contribution in [1.82, 2.24) is 15.5 Å². The molecule has 1 aromatic carbocycles. The van der Waals surface area contributed by atoms with E-state index in [1.54, 1.807) is 20.8 Å². The summed E-state index contributed by atoms with van der Waals surface area (Å²) < 4.78 is 5.25. The number of ether oxygens (including phenoxy) is 1. The van der Waals surface area contributed by atoms with Gasteiger partial charge in [-0.15, -0.1) is 0 Å². The SMILES string of the molecule is CCc1ccc(C(C(=O)NC(C)(C)C)N(C(=O)C(CO)NC(=O)OC(C)(C)C)C2CC2)cc1. The van der Waals surface area contributed by atoms with Crippen molar-refractivity contribution in [3.05, 3.63) is 35.4 Å². The molecular weight excluding hydrogens is 422 g/mol. The van der Waals surface area contributed by atoms with Crippen LogP contribution in [0.25, 0.3) is 0 Å². The number of rotatable bonds is 8. The molecule has 0 aromatic heterocycles. The van der Waals surface area contributed by atoms with Crippen LogP contribution in [0.1, 0.15) is 78.5 Å². The van der Waals surface area contributed by atoms with Gasteiger partial charge in [0.1, 0.15) is 17.7 Å². The predicted molar refractivity (Wildman–Crippen MR) is 127 cm³/mol. The number of aliphatic hydroxyl groups is 1. The number of benzene rings is 1. The Kier molecular flexibility index (Phi) is 8.52. The third-order valence-electron chi connectivity index (χ3n) is 5.09. The Morgan fingerprint density at radius 3 is 2.09 bits per heavy atom. The molecule has 1 aromatic rings. The smallest absolute Gasteiger partial charge is 0.408 e. The van der Waals surface area contributed by atoms with E-state index in [-0.39, 0.29) is 11.9 Å². The van der Waals surface area contributed by atoms with Crippen molar-refractivity contribution in [3.8, 4) is 0 Å². The standard InChI is InChI=1S/C25H39N3O5/c1-8-16-9-11-17(12-10-16)20(21(30)27-24(2,3)4)28(18-13-14-18)22(31)19(15-29)26-23(32)33-25(5,6)7/h9-12,18-20,29H,8,13-15H2,1-7H3,(H,26,32)(H,27,30). The average Bonchev–Trinajstić information content (AvgIpc) is 3.52. The molecule has 184 valence electrons. The fourth-order valence-corrected chi connectivity index (χ4v) is 3.50.